The van der Waals surface area contributed by atoms with Crippen molar-refractivity contribution in [1.29, 1.82) is 0 Å². The SMILES string of the molecule is NC(N)=NCCCc1cn(C2CNCC(CO)O2)c(=O)[nH]c1=O. The lowest BCUT2D eigenvalue weighted by Crippen LogP contribution is -2.47. The van der Waals surface area contributed by atoms with Crippen molar-refractivity contribution in [2.75, 3.05) is 26.2 Å². The fourth-order valence-corrected chi connectivity index (χ4v) is 2.35. The first-order valence-electron chi connectivity index (χ1n) is 7.38. The van der Waals surface area contributed by atoms with E-state index in [9.17, 15) is 9.59 Å². The summed E-state index contributed by atoms with van der Waals surface area (Å²) >= 11 is 0. The second-order valence-corrected chi connectivity index (χ2v) is 5.28. The van der Waals surface area contributed by atoms with E-state index in [4.69, 9.17) is 21.3 Å². The first kappa shape index (κ1) is 17.2. The molecule has 23 heavy (non-hydrogen) atoms. The maximum Gasteiger partial charge on any atom is 0.330 e. The van der Waals surface area contributed by atoms with Crippen LogP contribution in [0.25, 0.3) is 0 Å². The number of aromatic amines is 1. The Morgan fingerprint density at radius 3 is 2.91 bits per heavy atom. The number of H-pyrrole nitrogens is 1. The highest BCUT2D eigenvalue weighted by Crippen LogP contribution is 2.12. The maximum atomic E-state index is 12.0. The van der Waals surface area contributed by atoms with Crippen molar-refractivity contribution < 1.29 is 9.84 Å². The molecule has 1 aromatic heterocycles. The van der Waals surface area contributed by atoms with Gasteiger partial charge < -0.3 is 26.6 Å². The number of hydrogen-bond acceptors (Lipinski definition) is 6. The van der Waals surface area contributed by atoms with Crippen LogP contribution in [0.2, 0.25) is 0 Å². The van der Waals surface area contributed by atoms with Crippen LogP contribution in [0.4, 0.5) is 0 Å². The van der Waals surface area contributed by atoms with Gasteiger partial charge in [0, 0.05) is 31.4 Å². The Labute approximate surface area is 132 Å². The van der Waals surface area contributed by atoms with Gasteiger partial charge in [-0.3, -0.25) is 19.3 Å². The van der Waals surface area contributed by atoms with E-state index in [-0.39, 0.29) is 12.6 Å². The summed E-state index contributed by atoms with van der Waals surface area (Å²) in [5.74, 6) is 0.000560. The quantitative estimate of drug-likeness (QED) is 0.215. The summed E-state index contributed by atoms with van der Waals surface area (Å²) in [6, 6.07) is 0. The molecule has 128 valence electrons. The number of nitrogens with zero attached hydrogens (tertiary/aromatic N) is 2. The number of hydrogen-bond donors (Lipinski definition) is 5. The number of rotatable bonds is 6. The molecule has 10 nitrogen and oxygen atoms in total. The van der Waals surface area contributed by atoms with Gasteiger partial charge in [0.25, 0.3) is 5.56 Å². The zero-order valence-corrected chi connectivity index (χ0v) is 12.7. The molecule has 1 aliphatic heterocycles. The third kappa shape index (κ3) is 4.65. The Morgan fingerprint density at radius 1 is 1.43 bits per heavy atom. The van der Waals surface area contributed by atoms with Crippen molar-refractivity contribution in [2.45, 2.75) is 25.2 Å². The number of aliphatic hydroxyl groups is 1. The number of aromatic nitrogens is 2. The Kier molecular flexibility index (Phi) is 5.90. The molecule has 0 bridgehead atoms. The van der Waals surface area contributed by atoms with E-state index in [2.05, 4.69) is 15.3 Å². The summed E-state index contributed by atoms with van der Waals surface area (Å²) in [7, 11) is 0. The molecule has 2 unspecified atom stereocenters. The van der Waals surface area contributed by atoms with Crippen molar-refractivity contribution in [3.63, 3.8) is 0 Å². The maximum absolute atomic E-state index is 12.0. The van der Waals surface area contributed by atoms with Gasteiger partial charge in [0.1, 0.15) is 0 Å². The second-order valence-electron chi connectivity index (χ2n) is 5.28. The van der Waals surface area contributed by atoms with Crippen LogP contribution in [0, 0.1) is 0 Å². The molecule has 0 radical (unpaired) electrons. The van der Waals surface area contributed by atoms with E-state index in [1.54, 1.807) is 0 Å². The molecule has 0 aromatic carbocycles. The van der Waals surface area contributed by atoms with Gasteiger partial charge >= 0.3 is 5.69 Å². The van der Waals surface area contributed by atoms with E-state index >= 15 is 0 Å². The Morgan fingerprint density at radius 2 is 2.22 bits per heavy atom. The summed E-state index contributed by atoms with van der Waals surface area (Å²) in [4.78, 5) is 30.0. The fraction of sp³-hybridized carbons (Fsp3) is 0.615. The molecule has 2 heterocycles. The van der Waals surface area contributed by atoms with E-state index in [1.165, 1.54) is 10.8 Å². The van der Waals surface area contributed by atoms with Crippen molar-refractivity contribution in [3.05, 3.63) is 32.6 Å². The smallest absolute Gasteiger partial charge is 0.330 e. The van der Waals surface area contributed by atoms with Gasteiger partial charge in [0.05, 0.1) is 12.7 Å². The lowest BCUT2D eigenvalue weighted by Gasteiger charge is -2.30. The third-order valence-electron chi connectivity index (χ3n) is 3.49. The molecule has 2 atom stereocenters. The Bertz CT molecular complexity index is 663. The van der Waals surface area contributed by atoms with E-state index in [0.29, 0.717) is 38.0 Å². The largest absolute Gasteiger partial charge is 0.394 e. The molecular formula is C13H22N6O4. The van der Waals surface area contributed by atoms with Crippen LogP contribution in [0.15, 0.2) is 20.8 Å². The Hall–Kier alpha value is -2.17. The van der Waals surface area contributed by atoms with Gasteiger partial charge in [-0.05, 0) is 12.8 Å². The second kappa shape index (κ2) is 7.90. The number of ether oxygens (including phenoxy) is 1. The fourth-order valence-electron chi connectivity index (χ4n) is 2.35. The van der Waals surface area contributed by atoms with Gasteiger partial charge in [-0.15, -0.1) is 0 Å². The molecule has 2 rings (SSSR count). The van der Waals surface area contributed by atoms with Crippen LogP contribution in [0.5, 0.6) is 0 Å². The minimum absolute atomic E-state index is 0.000560. The lowest BCUT2D eigenvalue weighted by atomic mass is 10.2. The molecule has 1 saturated heterocycles. The van der Waals surface area contributed by atoms with E-state index in [1.807, 2.05) is 0 Å². The molecule has 1 fully saturated rings. The minimum Gasteiger partial charge on any atom is -0.394 e. The van der Waals surface area contributed by atoms with Gasteiger partial charge in [-0.2, -0.15) is 0 Å². The molecule has 1 aliphatic rings. The van der Waals surface area contributed by atoms with Crippen LogP contribution in [0.1, 0.15) is 18.2 Å². The summed E-state index contributed by atoms with van der Waals surface area (Å²) in [6.07, 6.45) is 1.51. The zero-order chi connectivity index (χ0) is 16.8. The summed E-state index contributed by atoms with van der Waals surface area (Å²) < 4.78 is 6.95. The van der Waals surface area contributed by atoms with Crippen LogP contribution in [0.3, 0.4) is 0 Å². The molecule has 0 amide bonds. The highest BCUT2D eigenvalue weighted by Gasteiger charge is 2.24. The molecule has 0 spiro atoms. The summed E-state index contributed by atoms with van der Waals surface area (Å²) in [6.45, 7) is 1.17. The molecule has 0 saturated carbocycles. The number of morpholine rings is 1. The molecule has 7 N–H and O–H groups in total. The number of aliphatic imine (C=N–C) groups is 1. The highest BCUT2D eigenvalue weighted by molar-refractivity contribution is 5.75. The number of nitrogens with one attached hydrogen (secondary N) is 2. The van der Waals surface area contributed by atoms with Crippen molar-refractivity contribution in [2.24, 2.45) is 16.5 Å². The number of aryl methyl sites for hydroxylation is 1. The molecule has 0 aliphatic carbocycles. The van der Waals surface area contributed by atoms with Gasteiger partial charge in [-0.25, -0.2) is 4.79 Å². The van der Waals surface area contributed by atoms with Crippen LogP contribution in [-0.2, 0) is 11.2 Å². The van der Waals surface area contributed by atoms with Crippen molar-refractivity contribution >= 4 is 5.96 Å². The molecule has 10 heteroatoms. The van der Waals surface area contributed by atoms with Crippen LogP contribution < -0.4 is 28.0 Å². The van der Waals surface area contributed by atoms with E-state index < -0.39 is 23.6 Å². The predicted octanol–water partition coefficient (Wildman–Crippen LogP) is -2.78. The standard InChI is InChI=1S/C13H22N6O4/c14-12(15)17-3-1-2-8-6-19(13(22)18-11(8)21)10-5-16-4-9(7-20)23-10/h6,9-10,16,20H,1-5,7H2,(H4,14,15,17)(H,18,21,22). The first-order valence-corrected chi connectivity index (χ1v) is 7.38. The van der Waals surface area contributed by atoms with Crippen molar-refractivity contribution in [1.82, 2.24) is 14.9 Å². The van der Waals surface area contributed by atoms with Gasteiger partial charge in [0.15, 0.2) is 12.2 Å². The molecule has 1 aromatic rings. The third-order valence-corrected chi connectivity index (χ3v) is 3.49. The number of aliphatic hydroxyl groups excluding tert-OH is 1. The van der Waals surface area contributed by atoms with Gasteiger partial charge in [-0.1, -0.05) is 0 Å². The average molecular weight is 326 g/mol. The normalized spacial score (nSPS) is 21.1. The lowest BCUT2D eigenvalue weighted by molar-refractivity contribution is -0.0968. The average Bonchev–Trinajstić information content (AvgIpc) is 2.53. The Balaban J connectivity index is 2.14. The highest BCUT2D eigenvalue weighted by atomic mass is 16.5. The predicted molar refractivity (Wildman–Crippen MR) is 84.2 cm³/mol. The first-order chi connectivity index (χ1) is 11.0. The van der Waals surface area contributed by atoms with Gasteiger partial charge in [0.2, 0.25) is 0 Å². The minimum atomic E-state index is -0.582. The zero-order valence-electron chi connectivity index (χ0n) is 12.7. The summed E-state index contributed by atoms with van der Waals surface area (Å²) in [5, 5.41) is 12.2. The molecular weight excluding hydrogens is 304 g/mol. The topological polar surface area (TPSA) is 161 Å². The van der Waals surface area contributed by atoms with Crippen LogP contribution >= 0.6 is 0 Å². The summed E-state index contributed by atoms with van der Waals surface area (Å²) in [5.41, 5.74) is 9.95. The van der Waals surface area contributed by atoms with Crippen molar-refractivity contribution in [3.8, 4) is 0 Å². The number of nitrogens with two attached hydrogens (primary N) is 2. The van der Waals surface area contributed by atoms with Crippen LogP contribution in [-0.4, -0.2) is 53.0 Å². The van der Waals surface area contributed by atoms with E-state index in [0.717, 1.165) is 0 Å². The number of guanidine groups is 1. The monoisotopic (exact) mass is 326 g/mol.